The monoisotopic (exact) mass is 779 g/mol. The Morgan fingerprint density at radius 1 is 0.262 bits per heavy atom. The van der Waals surface area contributed by atoms with Crippen LogP contribution in [-0.4, -0.2) is 0 Å². The lowest BCUT2D eigenvalue weighted by molar-refractivity contribution is 0.669. The summed E-state index contributed by atoms with van der Waals surface area (Å²) in [5, 5.41) is 6.80. The molecule has 0 spiro atoms. The van der Waals surface area contributed by atoms with E-state index in [9.17, 15) is 0 Å². The van der Waals surface area contributed by atoms with Crippen molar-refractivity contribution in [2.45, 2.75) is 0 Å². The third-order valence-electron chi connectivity index (χ3n) is 12.1. The summed E-state index contributed by atoms with van der Waals surface area (Å²) in [4.78, 5) is 2.40. The summed E-state index contributed by atoms with van der Waals surface area (Å²) in [6.45, 7) is 0. The van der Waals surface area contributed by atoms with Gasteiger partial charge in [0.05, 0.1) is 5.69 Å². The van der Waals surface area contributed by atoms with E-state index in [1.807, 2.05) is 24.3 Å². The maximum atomic E-state index is 6.55. The van der Waals surface area contributed by atoms with E-state index in [4.69, 9.17) is 8.83 Å². The maximum absolute atomic E-state index is 6.55. The van der Waals surface area contributed by atoms with Crippen LogP contribution in [0, 0.1) is 0 Å². The van der Waals surface area contributed by atoms with Crippen LogP contribution in [0.1, 0.15) is 0 Å². The number of benzene rings is 10. The van der Waals surface area contributed by atoms with Crippen molar-refractivity contribution in [1.29, 1.82) is 0 Å². The number of anilines is 3. The highest BCUT2D eigenvalue weighted by molar-refractivity contribution is 6.12. The Morgan fingerprint density at radius 2 is 0.705 bits per heavy atom. The summed E-state index contributed by atoms with van der Waals surface area (Å²) >= 11 is 0. The molecule has 0 fully saturated rings. The molecule has 2 aromatic heterocycles. The molecule has 0 N–H and O–H groups in total. The fourth-order valence-electron chi connectivity index (χ4n) is 9.20. The molecule has 0 unspecified atom stereocenters. The first-order valence-corrected chi connectivity index (χ1v) is 20.7. The third-order valence-corrected chi connectivity index (χ3v) is 12.1. The van der Waals surface area contributed by atoms with E-state index in [0.717, 1.165) is 88.6 Å². The second-order valence-corrected chi connectivity index (χ2v) is 15.6. The summed E-state index contributed by atoms with van der Waals surface area (Å²) in [6.07, 6.45) is 0. The molecule has 12 aromatic rings. The largest absolute Gasteiger partial charge is 0.455 e. The Bertz CT molecular complexity index is 3440. The fraction of sp³-hybridized carbons (Fsp3) is 0. The lowest BCUT2D eigenvalue weighted by atomic mass is 9.94. The second kappa shape index (κ2) is 14.3. The van der Waals surface area contributed by atoms with E-state index >= 15 is 0 Å². The maximum Gasteiger partial charge on any atom is 0.143 e. The van der Waals surface area contributed by atoms with Gasteiger partial charge in [0.15, 0.2) is 0 Å². The molecular weight excluding hydrogens is 743 g/mol. The van der Waals surface area contributed by atoms with E-state index in [0.29, 0.717) is 0 Å². The molecular formula is C58H37NO2. The van der Waals surface area contributed by atoms with Crippen molar-refractivity contribution in [3.05, 3.63) is 224 Å². The Labute approximate surface area is 353 Å². The number of rotatable bonds is 7. The number of hydrogen-bond acceptors (Lipinski definition) is 3. The van der Waals surface area contributed by atoms with Crippen molar-refractivity contribution in [1.82, 2.24) is 0 Å². The van der Waals surface area contributed by atoms with Gasteiger partial charge in [-0.1, -0.05) is 182 Å². The Morgan fingerprint density at radius 3 is 1.30 bits per heavy atom. The quantitative estimate of drug-likeness (QED) is 0.161. The van der Waals surface area contributed by atoms with Crippen molar-refractivity contribution in [2.75, 3.05) is 4.90 Å². The van der Waals surface area contributed by atoms with Crippen LogP contribution >= 0.6 is 0 Å². The van der Waals surface area contributed by atoms with Crippen LogP contribution in [0.15, 0.2) is 233 Å². The van der Waals surface area contributed by atoms with Gasteiger partial charge in [-0.25, -0.2) is 0 Å². The lowest BCUT2D eigenvalue weighted by Crippen LogP contribution is -2.11. The third kappa shape index (κ3) is 5.90. The SMILES string of the molecule is c1ccc(-c2ccc(-c3ccc(N(c4cccc(-c5cccc6c5oc5ccccc56)c4)c4cccc(-c5cccc6c5oc5ccccc56)c4)c4ccccc34)cc2)cc1. The molecule has 0 saturated heterocycles. The normalized spacial score (nSPS) is 11.6. The minimum Gasteiger partial charge on any atom is -0.455 e. The minimum atomic E-state index is 0.889. The zero-order valence-corrected chi connectivity index (χ0v) is 33.1. The van der Waals surface area contributed by atoms with Gasteiger partial charge in [-0.05, 0) is 81.2 Å². The summed E-state index contributed by atoms with van der Waals surface area (Å²) in [6, 6.07) is 79.9. The first kappa shape index (κ1) is 34.9. The zero-order chi connectivity index (χ0) is 40.3. The van der Waals surface area contributed by atoms with E-state index in [2.05, 4.69) is 205 Å². The van der Waals surface area contributed by atoms with Crippen LogP contribution in [0.5, 0.6) is 0 Å². The first-order valence-electron chi connectivity index (χ1n) is 20.7. The van der Waals surface area contributed by atoms with Crippen molar-refractivity contribution >= 4 is 71.7 Å². The van der Waals surface area contributed by atoms with Gasteiger partial charge in [-0.15, -0.1) is 0 Å². The van der Waals surface area contributed by atoms with Crippen molar-refractivity contribution in [3.8, 4) is 44.5 Å². The fourth-order valence-corrected chi connectivity index (χ4v) is 9.20. The van der Waals surface area contributed by atoms with Gasteiger partial charge >= 0.3 is 0 Å². The molecule has 0 radical (unpaired) electrons. The molecule has 10 aromatic carbocycles. The molecule has 3 heteroatoms. The highest BCUT2D eigenvalue weighted by Gasteiger charge is 2.21. The number of para-hydroxylation sites is 4. The number of nitrogens with zero attached hydrogens (tertiary/aromatic N) is 1. The molecule has 0 atom stereocenters. The van der Waals surface area contributed by atoms with Gasteiger partial charge in [0.2, 0.25) is 0 Å². The molecule has 286 valence electrons. The van der Waals surface area contributed by atoms with Crippen molar-refractivity contribution in [3.63, 3.8) is 0 Å². The highest BCUT2D eigenvalue weighted by Crippen LogP contribution is 2.45. The molecule has 0 saturated carbocycles. The molecule has 0 aliphatic heterocycles. The van der Waals surface area contributed by atoms with Crippen molar-refractivity contribution in [2.24, 2.45) is 0 Å². The Hall–Kier alpha value is -8.14. The average molecular weight is 780 g/mol. The van der Waals surface area contributed by atoms with E-state index in [1.54, 1.807) is 0 Å². The molecule has 0 aliphatic carbocycles. The van der Waals surface area contributed by atoms with Gasteiger partial charge in [0.25, 0.3) is 0 Å². The molecule has 2 heterocycles. The van der Waals surface area contributed by atoms with Crippen LogP contribution in [0.2, 0.25) is 0 Å². The number of hydrogen-bond donors (Lipinski definition) is 0. The van der Waals surface area contributed by atoms with Gasteiger partial charge < -0.3 is 13.7 Å². The van der Waals surface area contributed by atoms with Crippen LogP contribution < -0.4 is 4.90 Å². The van der Waals surface area contributed by atoms with E-state index in [1.165, 1.54) is 27.6 Å². The summed E-state index contributed by atoms with van der Waals surface area (Å²) in [5.74, 6) is 0. The van der Waals surface area contributed by atoms with E-state index in [-0.39, 0.29) is 0 Å². The standard InChI is InChI=1S/C58H37NO2/c1-2-14-38(15-3-1)39-30-32-40(33-31-39)45-34-35-54(49-21-5-4-20-48(45)49)59(43-18-10-16-41(36-43)46-24-12-26-52-50-22-6-8-28-55(50)60-57(46)52)44-19-11-17-42(37-44)47-25-13-27-53-51-23-7-9-29-56(51)61-58(47)53/h1-37H. The van der Waals surface area contributed by atoms with Gasteiger partial charge in [0, 0.05) is 49.4 Å². The van der Waals surface area contributed by atoms with Gasteiger partial charge in [0.1, 0.15) is 22.3 Å². The summed E-state index contributed by atoms with van der Waals surface area (Å²) in [7, 11) is 0. The second-order valence-electron chi connectivity index (χ2n) is 15.6. The molecule has 12 rings (SSSR count). The van der Waals surface area contributed by atoms with Gasteiger partial charge in [-0.2, -0.15) is 0 Å². The van der Waals surface area contributed by atoms with Crippen LogP contribution in [0.4, 0.5) is 17.1 Å². The number of fused-ring (bicyclic) bond motifs is 7. The minimum absolute atomic E-state index is 0.889. The van der Waals surface area contributed by atoms with Gasteiger partial charge in [-0.3, -0.25) is 0 Å². The molecule has 0 bridgehead atoms. The molecule has 3 nitrogen and oxygen atoms in total. The molecule has 0 aliphatic rings. The lowest BCUT2D eigenvalue weighted by Gasteiger charge is -2.28. The average Bonchev–Trinajstić information content (AvgIpc) is 3.91. The summed E-state index contributed by atoms with van der Waals surface area (Å²) < 4.78 is 13.1. The zero-order valence-electron chi connectivity index (χ0n) is 33.1. The smallest absolute Gasteiger partial charge is 0.143 e. The Kier molecular flexibility index (Phi) is 8.17. The van der Waals surface area contributed by atoms with Crippen LogP contribution in [0.3, 0.4) is 0 Å². The highest BCUT2D eigenvalue weighted by atomic mass is 16.3. The summed E-state index contributed by atoms with van der Waals surface area (Å²) in [5.41, 5.74) is 15.8. The predicted molar refractivity (Wildman–Crippen MR) is 255 cm³/mol. The van der Waals surface area contributed by atoms with Crippen LogP contribution in [-0.2, 0) is 0 Å². The Balaban J connectivity index is 1.05. The van der Waals surface area contributed by atoms with Crippen molar-refractivity contribution < 1.29 is 8.83 Å². The molecule has 61 heavy (non-hydrogen) atoms. The topological polar surface area (TPSA) is 29.5 Å². The predicted octanol–water partition coefficient (Wildman–Crippen LogP) is 16.8. The molecule has 0 amide bonds. The van der Waals surface area contributed by atoms with E-state index < -0.39 is 0 Å². The first-order chi connectivity index (χ1) is 30.2. The number of furan rings is 2. The van der Waals surface area contributed by atoms with Crippen LogP contribution in [0.25, 0.3) is 99.2 Å².